The molecule has 0 N–H and O–H groups in total. The van der Waals surface area contributed by atoms with Crippen molar-refractivity contribution < 1.29 is 0 Å². The molecule has 0 bridgehead atoms. The highest BCUT2D eigenvalue weighted by atomic mass is 32.2. The van der Waals surface area contributed by atoms with E-state index in [9.17, 15) is 0 Å². The zero-order valence-corrected chi connectivity index (χ0v) is 31.9. The van der Waals surface area contributed by atoms with Gasteiger partial charge in [-0.2, -0.15) is 0 Å². The van der Waals surface area contributed by atoms with Gasteiger partial charge in [0.2, 0.25) is 0 Å². The first kappa shape index (κ1) is 32.6. The molecule has 54 heavy (non-hydrogen) atoms. The van der Waals surface area contributed by atoms with E-state index < -0.39 is 0 Å². The maximum atomic E-state index is 2.69. The van der Waals surface area contributed by atoms with Crippen LogP contribution in [0.5, 0.6) is 0 Å². The smallest absolute Gasteiger partial charge is 0.0529 e. The van der Waals surface area contributed by atoms with Crippen LogP contribution >= 0.6 is 11.8 Å². The van der Waals surface area contributed by atoms with E-state index in [0.717, 1.165) is 19.3 Å². The monoisotopic (exact) mass is 717 g/mol. The molecule has 1 nitrogen and oxygen atoms in total. The molecule has 5 aromatic rings. The van der Waals surface area contributed by atoms with Gasteiger partial charge in [0, 0.05) is 26.4 Å². The number of thioether (sulfide) groups is 1. The molecule has 0 saturated carbocycles. The number of hydrogen-bond acceptors (Lipinski definition) is 1. The van der Waals surface area contributed by atoms with Crippen molar-refractivity contribution in [3.63, 3.8) is 0 Å². The largest absolute Gasteiger partial charge is 0.333 e. The van der Waals surface area contributed by atoms with Crippen molar-refractivity contribution in [2.75, 3.05) is 0 Å². The lowest BCUT2D eigenvalue weighted by molar-refractivity contribution is 0.418. The summed E-state index contributed by atoms with van der Waals surface area (Å²) in [4.78, 5) is 1.55. The fourth-order valence-corrected chi connectivity index (χ4v) is 12.5. The van der Waals surface area contributed by atoms with Gasteiger partial charge < -0.3 is 4.57 Å². The van der Waals surface area contributed by atoms with E-state index in [4.69, 9.17) is 0 Å². The van der Waals surface area contributed by atoms with Crippen molar-refractivity contribution >= 4 is 50.3 Å². The van der Waals surface area contributed by atoms with Crippen LogP contribution in [0.3, 0.4) is 0 Å². The third-order valence-corrected chi connectivity index (χ3v) is 15.1. The Morgan fingerprint density at radius 3 is 2.54 bits per heavy atom. The normalized spacial score (nSPS) is 27.1. The molecule has 0 amide bonds. The minimum atomic E-state index is 0.359. The number of aromatic nitrogens is 1. The Hall–Kier alpha value is -4.79. The highest BCUT2D eigenvalue weighted by Gasteiger charge is 2.39. The maximum absolute atomic E-state index is 2.69. The molecular weight excluding hydrogens is 671 g/mol. The lowest BCUT2D eigenvalue weighted by atomic mass is 9.66. The van der Waals surface area contributed by atoms with E-state index >= 15 is 0 Å². The lowest BCUT2D eigenvalue weighted by Gasteiger charge is -2.39. The Bertz CT molecular complexity index is 2550. The lowest BCUT2D eigenvalue weighted by Crippen LogP contribution is -2.23. The van der Waals surface area contributed by atoms with Gasteiger partial charge in [-0.15, -0.1) is 11.8 Å². The number of rotatable bonds is 5. The summed E-state index contributed by atoms with van der Waals surface area (Å²) in [5.74, 6) is 2.26. The summed E-state index contributed by atoms with van der Waals surface area (Å²) < 4.78 is 2.69. The molecule has 0 fully saturated rings. The summed E-state index contributed by atoms with van der Waals surface area (Å²) in [6, 6.07) is 37.2. The van der Waals surface area contributed by atoms with Crippen LogP contribution in [0.1, 0.15) is 86.1 Å². The van der Waals surface area contributed by atoms with Crippen LogP contribution in [0.2, 0.25) is 0 Å². The summed E-state index contributed by atoms with van der Waals surface area (Å²) in [5, 5.41) is 3.35. The second-order valence-electron chi connectivity index (χ2n) is 16.6. The Morgan fingerprint density at radius 2 is 1.59 bits per heavy atom. The number of para-hydroxylation sites is 1. The highest BCUT2D eigenvalue weighted by molar-refractivity contribution is 8.04. The molecule has 0 spiro atoms. The molecule has 5 aliphatic carbocycles. The summed E-state index contributed by atoms with van der Waals surface area (Å²) in [6.45, 7) is 2.52. The van der Waals surface area contributed by atoms with E-state index in [1.54, 1.807) is 21.6 Å². The van der Waals surface area contributed by atoms with E-state index in [0.29, 0.717) is 35.0 Å². The van der Waals surface area contributed by atoms with E-state index in [1.165, 1.54) is 80.9 Å². The molecule has 0 radical (unpaired) electrons. The molecule has 2 heterocycles. The molecule has 4 aromatic carbocycles. The van der Waals surface area contributed by atoms with Crippen LogP contribution in [0.15, 0.2) is 162 Å². The Balaban J connectivity index is 0.935. The Kier molecular flexibility index (Phi) is 7.98. The van der Waals surface area contributed by atoms with Crippen LogP contribution in [0.4, 0.5) is 0 Å². The number of hydrogen-bond donors (Lipinski definition) is 0. The summed E-state index contributed by atoms with van der Waals surface area (Å²) in [5.41, 5.74) is 16.3. The first-order chi connectivity index (χ1) is 26.7. The second-order valence-corrected chi connectivity index (χ2v) is 17.8. The maximum Gasteiger partial charge on any atom is 0.0529 e. The second kappa shape index (κ2) is 13.2. The molecule has 4 unspecified atom stereocenters. The van der Waals surface area contributed by atoms with Crippen molar-refractivity contribution in [1.29, 1.82) is 0 Å². The van der Waals surface area contributed by atoms with Crippen LogP contribution in [-0.2, 0) is 0 Å². The predicted octanol–water partition coefficient (Wildman–Crippen LogP) is 14.0. The van der Waals surface area contributed by atoms with Gasteiger partial charge in [0.1, 0.15) is 0 Å². The van der Waals surface area contributed by atoms with Crippen LogP contribution in [0, 0.1) is 17.8 Å². The van der Waals surface area contributed by atoms with E-state index in [-0.39, 0.29) is 0 Å². The fraction of sp³-hybridized carbons (Fsp3) is 0.269. The van der Waals surface area contributed by atoms with Crippen LogP contribution < -0.4 is 0 Å². The molecule has 266 valence electrons. The summed E-state index contributed by atoms with van der Waals surface area (Å²) in [7, 11) is 0. The fourth-order valence-electron chi connectivity index (χ4n) is 11.0. The molecule has 1 aromatic heterocycles. The number of nitrogens with zero attached hydrogens (tertiary/aromatic N) is 1. The SMILES string of the molecule is C[C@@H]1C2=C(C=C(c3ccc4c5ccccc5n(C5C=CC6SC7=C(CCC=C7)C6C5)c4c3)CC2)c2ccccc2[C@@H]1CC1C=CC=C(c2ccccc2)C1. The average molecular weight is 718 g/mol. The summed E-state index contributed by atoms with van der Waals surface area (Å²) in [6.07, 6.45) is 27.7. The third kappa shape index (κ3) is 5.35. The van der Waals surface area contributed by atoms with Crippen LogP contribution in [0.25, 0.3) is 38.5 Å². The number of allylic oxidation sites excluding steroid dienone is 12. The molecule has 1 aliphatic heterocycles. The van der Waals surface area contributed by atoms with Crippen molar-refractivity contribution in [2.24, 2.45) is 17.8 Å². The Labute approximate surface area is 324 Å². The molecule has 11 rings (SSSR count). The molecule has 6 aliphatic rings. The van der Waals surface area contributed by atoms with Gasteiger partial charge in [-0.05, 0) is 120 Å². The van der Waals surface area contributed by atoms with Gasteiger partial charge >= 0.3 is 0 Å². The predicted molar refractivity (Wildman–Crippen MR) is 231 cm³/mol. The molecule has 0 saturated heterocycles. The first-order valence-corrected chi connectivity index (χ1v) is 21.3. The van der Waals surface area contributed by atoms with Crippen molar-refractivity contribution in [2.45, 2.75) is 69.1 Å². The quantitative estimate of drug-likeness (QED) is 0.164. The van der Waals surface area contributed by atoms with Crippen molar-refractivity contribution in [1.82, 2.24) is 4.57 Å². The topological polar surface area (TPSA) is 4.93 Å². The highest BCUT2D eigenvalue weighted by Crippen LogP contribution is 2.54. The van der Waals surface area contributed by atoms with Crippen LogP contribution in [-0.4, -0.2) is 9.82 Å². The zero-order valence-electron chi connectivity index (χ0n) is 31.1. The summed E-state index contributed by atoms with van der Waals surface area (Å²) >= 11 is 2.10. The van der Waals surface area contributed by atoms with Gasteiger partial charge in [0.25, 0.3) is 0 Å². The number of fused-ring (bicyclic) bond motifs is 7. The molecule has 6 atom stereocenters. The first-order valence-electron chi connectivity index (χ1n) is 20.4. The van der Waals surface area contributed by atoms with E-state index in [2.05, 4.69) is 169 Å². The van der Waals surface area contributed by atoms with Crippen molar-refractivity contribution in [3.8, 4) is 0 Å². The zero-order chi connectivity index (χ0) is 35.8. The standard InChI is InChI=1S/C52H47NS/c1-33-40-25-22-37(30-47(40)42-17-6-5-16-41(42)46(33)29-34-12-11-15-36(28-34)35-13-3-2-4-14-35)38-23-26-44-43-18-7-9-20-49(43)53(50(44)31-38)39-24-27-52-48(32-39)45-19-8-10-21-51(45)54-52/h2-7,9-18,20-21,23-24,26-27,30-31,33-34,39,46,48,52H,8,19,22,25,28-29,32H2,1H3/t33-,34?,39?,46-,48?,52?/m1/s1. The minimum Gasteiger partial charge on any atom is -0.333 e. The minimum absolute atomic E-state index is 0.359. The van der Waals surface area contributed by atoms with Gasteiger partial charge in [-0.25, -0.2) is 0 Å². The van der Waals surface area contributed by atoms with Crippen molar-refractivity contribution in [3.05, 3.63) is 184 Å². The van der Waals surface area contributed by atoms with E-state index in [1.807, 2.05) is 0 Å². The van der Waals surface area contributed by atoms with Gasteiger partial charge in [-0.3, -0.25) is 0 Å². The molecule has 2 heteroatoms. The number of benzene rings is 4. The van der Waals surface area contributed by atoms with Gasteiger partial charge in [-0.1, -0.05) is 152 Å². The Morgan fingerprint density at radius 1 is 0.741 bits per heavy atom. The third-order valence-electron chi connectivity index (χ3n) is 13.7. The van der Waals surface area contributed by atoms with Gasteiger partial charge in [0.15, 0.2) is 0 Å². The average Bonchev–Trinajstić information content (AvgIpc) is 3.77. The van der Waals surface area contributed by atoms with Gasteiger partial charge in [0.05, 0.1) is 11.6 Å². The molecular formula is C52H47NS.